The summed E-state index contributed by atoms with van der Waals surface area (Å²) in [6.07, 6.45) is -7.78. The summed E-state index contributed by atoms with van der Waals surface area (Å²) < 4.78 is 29.7. The van der Waals surface area contributed by atoms with Crippen LogP contribution in [0, 0.1) is 0 Å². The van der Waals surface area contributed by atoms with Crippen molar-refractivity contribution in [1.29, 1.82) is 0 Å². The van der Waals surface area contributed by atoms with E-state index in [2.05, 4.69) is 4.74 Å². The van der Waals surface area contributed by atoms with E-state index in [0.717, 1.165) is 0 Å². The van der Waals surface area contributed by atoms with Gasteiger partial charge in [0.15, 0.2) is 0 Å². The van der Waals surface area contributed by atoms with Crippen molar-refractivity contribution in [1.82, 2.24) is 0 Å². The van der Waals surface area contributed by atoms with Crippen LogP contribution in [0.15, 0.2) is 0 Å². The zero-order valence-corrected chi connectivity index (χ0v) is 9.67. The van der Waals surface area contributed by atoms with Crippen LogP contribution in [0.3, 0.4) is 0 Å². The van der Waals surface area contributed by atoms with E-state index in [1.807, 2.05) is 0 Å². The number of ether oxygens (including phenoxy) is 1. The molecule has 0 bridgehead atoms. The van der Waals surface area contributed by atoms with Gasteiger partial charge in [0.1, 0.15) is 12.3 Å². The second-order valence-electron chi connectivity index (χ2n) is 3.64. The highest BCUT2D eigenvalue weighted by Crippen LogP contribution is 2.08. The van der Waals surface area contributed by atoms with Crippen molar-refractivity contribution in [3.63, 3.8) is 0 Å². The van der Waals surface area contributed by atoms with Crippen LogP contribution in [-0.4, -0.2) is 46.4 Å². The van der Waals surface area contributed by atoms with Gasteiger partial charge in [0.05, 0.1) is 25.7 Å². The van der Waals surface area contributed by atoms with Crippen molar-refractivity contribution in [2.45, 2.75) is 38.0 Å². The predicted molar refractivity (Wildman–Crippen MR) is 54.6 cm³/mol. The first-order chi connectivity index (χ1) is 8.70. The Morgan fingerprint density at radius 2 is 1.11 bits per heavy atom. The van der Waals surface area contributed by atoms with Crippen LogP contribution in [0.25, 0.3) is 0 Å². The zero-order chi connectivity index (χ0) is 15.0. The summed E-state index contributed by atoms with van der Waals surface area (Å²) in [4.78, 5) is 42.1. The van der Waals surface area contributed by atoms with Gasteiger partial charge < -0.3 is 14.9 Å². The smallest absolute Gasteiger partial charge is 0.316 e. The van der Waals surface area contributed by atoms with Gasteiger partial charge in [0.25, 0.3) is 0 Å². The summed E-state index contributed by atoms with van der Waals surface area (Å²) >= 11 is 0. The third-order valence-corrected chi connectivity index (χ3v) is 1.80. The van der Waals surface area contributed by atoms with Crippen LogP contribution in [0.1, 0.15) is 25.7 Å². The summed E-state index contributed by atoms with van der Waals surface area (Å²) in [5.74, 6) is -5.59. The first kappa shape index (κ1) is 16.9. The maximum Gasteiger partial charge on any atom is 0.316 e. The number of hydrogen-bond acceptors (Lipinski definition) is 5. The fourth-order valence-electron chi connectivity index (χ4n) is 1.10. The van der Waals surface area contributed by atoms with Crippen LogP contribution in [0.5, 0.6) is 0 Å². The first-order valence-electron chi connectivity index (χ1n) is 5.16. The van der Waals surface area contributed by atoms with E-state index in [9.17, 15) is 28.0 Å². The number of carbonyl (C=O) groups is 4. The number of alkyl halides is 2. The molecule has 0 aromatic carbocycles. The van der Waals surface area contributed by atoms with Gasteiger partial charge in [0.2, 0.25) is 0 Å². The molecule has 0 spiro atoms. The molecule has 9 heteroatoms. The average Bonchev–Trinajstić information content (AvgIpc) is 2.12. The van der Waals surface area contributed by atoms with Crippen molar-refractivity contribution >= 4 is 23.9 Å². The molecule has 2 unspecified atom stereocenters. The number of rotatable bonds is 8. The molecular formula is C10H12F2O7. The Morgan fingerprint density at radius 3 is 1.37 bits per heavy atom. The molecule has 0 heterocycles. The van der Waals surface area contributed by atoms with Crippen molar-refractivity contribution in [2.75, 3.05) is 0 Å². The van der Waals surface area contributed by atoms with Crippen LogP contribution in [-0.2, 0) is 23.9 Å². The number of carbonyl (C=O) groups excluding carboxylic acids is 2. The van der Waals surface area contributed by atoms with Gasteiger partial charge >= 0.3 is 23.9 Å². The van der Waals surface area contributed by atoms with Gasteiger partial charge in [-0.25, -0.2) is 8.78 Å². The summed E-state index contributed by atoms with van der Waals surface area (Å²) in [5, 5.41) is 16.4. The Hall–Kier alpha value is -2.06. The lowest BCUT2D eigenvalue weighted by Crippen LogP contribution is -2.21. The summed E-state index contributed by atoms with van der Waals surface area (Å²) in [5.41, 5.74) is 0. The van der Waals surface area contributed by atoms with Gasteiger partial charge in [0, 0.05) is 0 Å². The molecule has 108 valence electrons. The van der Waals surface area contributed by atoms with E-state index in [1.54, 1.807) is 0 Å². The number of aliphatic carboxylic acids is 2. The number of carboxylic acids is 2. The number of halogens is 2. The summed E-state index contributed by atoms with van der Waals surface area (Å²) in [7, 11) is 0. The molecule has 0 rings (SSSR count). The maximum atomic E-state index is 12.8. The molecule has 0 aromatic heterocycles. The highest BCUT2D eigenvalue weighted by Gasteiger charge is 2.22. The average molecular weight is 282 g/mol. The Morgan fingerprint density at radius 1 is 0.789 bits per heavy atom. The summed E-state index contributed by atoms with van der Waals surface area (Å²) in [6, 6.07) is 0. The molecule has 0 fully saturated rings. The quantitative estimate of drug-likeness (QED) is 0.490. The van der Waals surface area contributed by atoms with Crippen molar-refractivity contribution in [3.8, 4) is 0 Å². The lowest BCUT2D eigenvalue weighted by atomic mass is 10.2. The third kappa shape index (κ3) is 9.62. The lowest BCUT2D eigenvalue weighted by molar-refractivity contribution is -0.161. The predicted octanol–water partition coefficient (Wildman–Crippen LogP) is 0.462. The largest absolute Gasteiger partial charge is 0.481 e. The standard InChI is InChI=1S/C10H12F2O7/c11-5(1-7(13)14)3-9(17)19-10(18)4-6(12)2-8(15)16/h5-6H,1-4H2,(H,13,14)(H,15,16). The van der Waals surface area contributed by atoms with Gasteiger partial charge in [-0.05, 0) is 0 Å². The van der Waals surface area contributed by atoms with Gasteiger partial charge in [-0.15, -0.1) is 0 Å². The van der Waals surface area contributed by atoms with Crippen LogP contribution >= 0.6 is 0 Å². The van der Waals surface area contributed by atoms with E-state index in [-0.39, 0.29) is 0 Å². The first-order valence-corrected chi connectivity index (χ1v) is 5.16. The van der Waals surface area contributed by atoms with Gasteiger partial charge in [-0.2, -0.15) is 0 Å². The lowest BCUT2D eigenvalue weighted by Gasteiger charge is -2.06. The van der Waals surface area contributed by atoms with Gasteiger partial charge in [-0.1, -0.05) is 0 Å². The van der Waals surface area contributed by atoms with Crippen LogP contribution in [0.4, 0.5) is 8.78 Å². The minimum absolute atomic E-state index is 0.923. The van der Waals surface area contributed by atoms with Gasteiger partial charge in [-0.3, -0.25) is 19.2 Å². The topological polar surface area (TPSA) is 118 Å². The Bertz CT molecular complexity index is 335. The summed E-state index contributed by atoms with van der Waals surface area (Å²) in [6.45, 7) is 0. The number of carboxylic acid groups (broad SMARTS) is 2. The Kier molecular flexibility index (Phi) is 7.23. The van der Waals surface area contributed by atoms with E-state index < -0.39 is 61.9 Å². The molecule has 19 heavy (non-hydrogen) atoms. The molecule has 0 aliphatic carbocycles. The highest BCUT2D eigenvalue weighted by molar-refractivity contribution is 5.86. The monoisotopic (exact) mass is 282 g/mol. The SMILES string of the molecule is O=C(O)CC(F)CC(=O)OC(=O)CC(F)CC(=O)O. The van der Waals surface area contributed by atoms with Crippen LogP contribution < -0.4 is 0 Å². The Balaban J connectivity index is 4.02. The molecule has 0 amide bonds. The third-order valence-electron chi connectivity index (χ3n) is 1.80. The molecule has 0 saturated heterocycles. The fourth-order valence-corrected chi connectivity index (χ4v) is 1.10. The zero-order valence-electron chi connectivity index (χ0n) is 9.67. The number of hydrogen-bond donors (Lipinski definition) is 2. The van der Waals surface area contributed by atoms with Crippen molar-refractivity contribution in [2.24, 2.45) is 0 Å². The molecule has 0 saturated carbocycles. The van der Waals surface area contributed by atoms with E-state index in [1.165, 1.54) is 0 Å². The van der Waals surface area contributed by atoms with Crippen molar-refractivity contribution < 1.29 is 42.9 Å². The Labute approximate surface area is 106 Å². The normalized spacial score (nSPS) is 13.4. The van der Waals surface area contributed by atoms with E-state index in [4.69, 9.17) is 10.2 Å². The fraction of sp³-hybridized carbons (Fsp3) is 0.600. The molecule has 2 atom stereocenters. The molecule has 7 nitrogen and oxygen atoms in total. The number of esters is 2. The van der Waals surface area contributed by atoms with E-state index >= 15 is 0 Å². The maximum absolute atomic E-state index is 12.8. The second kappa shape index (κ2) is 8.11. The molecule has 0 aliphatic rings. The molecule has 0 radical (unpaired) electrons. The van der Waals surface area contributed by atoms with E-state index in [0.29, 0.717) is 0 Å². The molecule has 0 aromatic rings. The molecular weight excluding hydrogens is 270 g/mol. The molecule has 2 N–H and O–H groups in total. The minimum atomic E-state index is -2.02. The second-order valence-corrected chi connectivity index (χ2v) is 3.64. The minimum Gasteiger partial charge on any atom is -0.481 e. The highest BCUT2D eigenvalue weighted by atomic mass is 19.1. The van der Waals surface area contributed by atoms with Crippen LogP contribution in [0.2, 0.25) is 0 Å². The van der Waals surface area contributed by atoms with Crippen molar-refractivity contribution in [3.05, 3.63) is 0 Å². The molecule has 0 aliphatic heterocycles.